The van der Waals surface area contributed by atoms with E-state index < -0.39 is 5.97 Å². The predicted octanol–water partition coefficient (Wildman–Crippen LogP) is 3.11. The summed E-state index contributed by atoms with van der Waals surface area (Å²) in [5, 5.41) is 11.2. The highest BCUT2D eigenvalue weighted by Gasteiger charge is 2.14. The monoisotopic (exact) mass is 230 g/mol. The van der Waals surface area contributed by atoms with Crippen molar-refractivity contribution in [2.75, 3.05) is 0 Å². The minimum atomic E-state index is -0.410. The van der Waals surface area contributed by atoms with Crippen molar-refractivity contribution in [2.24, 2.45) is 0 Å². The fraction of sp³-hybridized carbons (Fsp3) is 0.214. The maximum absolute atomic E-state index is 11.9. The van der Waals surface area contributed by atoms with Crippen molar-refractivity contribution >= 4 is 16.7 Å². The normalized spacial score (nSPS) is 10.8. The molecule has 0 amide bonds. The van der Waals surface area contributed by atoms with Gasteiger partial charge in [-0.3, -0.25) is 0 Å². The largest absolute Gasteiger partial charge is 0.508 e. The van der Waals surface area contributed by atoms with Gasteiger partial charge in [-0.15, -0.1) is 0 Å². The highest BCUT2D eigenvalue weighted by molar-refractivity contribution is 6.05. The van der Waals surface area contributed by atoms with Crippen LogP contribution in [0.3, 0.4) is 0 Å². The van der Waals surface area contributed by atoms with Gasteiger partial charge in [-0.05, 0) is 36.8 Å². The Morgan fingerprint density at radius 1 is 1.24 bits per heavy atom. The van der Waals surface area contributed by atoms with E-state index in [0.717, 1.165) is 10.8 Å². The zero-order chi connectivity index (χ0) is 12.4. The Hall–Kier alpha value is -2.03. The smallest absolute Gasteiger partial charge is 0.339 e. The van der Waals surface area contributed by atoms with Crippen LogP contribution in [0.25, 0.3) is 10.8 Å². The lowest BCUT2D eigenvalue weighted by Gasteiger charge is -2.10. The number of hydrogen-bond acceptors (Lipinski definition) is 3. The summed E-state index contributed by atoms with van der Waals surface area (Å²) < 4.78 is 5.15. The van der Waals surface area contributed by atoms with E-state index in [9.17, 15) is 9.90 Å². The van der Waals surface area contributed by atoms with Gasteiger partial charge in [0.05, 0.1) is 11.7 Å². The Balaban J connectivity index is 2.56. The standard InChI is InChI=1S/C14H14O3/c1-9(2)17-14(16)13-8-11(15)7-10-5-3-4-6-12(10)13/h3-9,15H,1-2H3. The number of carbonyl (C=O) groups is 1. The van der Waals surface area contributed by atoms with Gasteiger partial charge in [0.2, 0.25) is 0 Å². The predicted molar refractivity (Wildman–Crippen MR) is 66.2 cm³/mol. The van der Waals surface area contributed by atoms with Gasteiger partial charge >= 0.3 is 5.97 Å². The molecule has 0 bridgehead atoms. The number of esters is 1. The fourth-order valence-corrected chi connectivity index (χ4v) is 1.74. The van der Waals surface area contributed by atoms with Gasteiger partial charge in [-0.2, -0.15) is 0 Å². The molecule has 2 aromatic carbocycles. The molecule has 88 valence electrons. The first kappa shape index (κ1) is 11.5. The average Bonchev–Trinajstić information content (AvgIpc) is 2.26. The molecule has 0 fully saturated rings. The van der Waals surface area contributed by atoms with Crippen LogP contribution in [0.2, 0.25) is 0 Å². The summed E-state index contributed by atoms with van der Waals surface area (Å²) in [7, 11) is 0. The van der Waals surface area contributed by atoms with Crippen LogP contribution < -0.4 is 0 Å². The van der Waals surface area contributed by atoms with Crippen molar-refractivity contribution in [1.29, 1.82) is 0 Å². The molecule has 0 radical (unpaired) electrons. The van der Waals surface area contributed by atoms with E-state index in [1.165, 1.54) is 6.07 Å². The molecule has 0 aliphatic carbocycles. The van der Waals surface area contributed by atoms with E-state index in [0.29, 0.717) is 5.56 Å². The highest BCUT2D eigenvalue weighted by atomic mass is 16.5. The number of carbonyl (C=O) groups excluding carboxylic acids is 1. The molecular weight excluding hydrogens is 216 g/mol. The summed E-state index contributed by atoms with van der Waals surface area (Å²) in [5.74, 6) is -0.341. The van der Waals surface area contributed by atoms with Gasteiger partial charge in [-0.25, -0.2) is 4.79 Å². The van der Waals surface area contributed by atoms with E-state index in [1.807, 2.05) is 24.3 Å². The summed E-state index contributed by atoms with van der Waals surface area (Å²) in [6, 6.07) is 10.5. The summed E-state index contributed by atoms with van der Waals surface area (Å²) in [6.45, 7) is 3.59. The summed E-state index contributed by atoms with van der Waals surface area (Å²) in [4.78, 5) is 11.9. The Morgan fingerprint density at radius 3 is 2.65 bits per heavy atom. The minimum Gasteiger partial charge on any atom is -0.508 e. The maximum Gasteiger partial charge on any atom is 0.339 e. The van der Waals surface area contributed by atoms with E-state index in [1.54, 1.807) is 19.9 Å². The second-order valence-corrected chi connectivity index (χ2v) is 4.17. The van der Waals surface area contributed by atoms with Gasteiger partial charge in [0, 0.05) is 0 Å². The molecule has 0 saturated carbocycles. The van der Waals surface area contributed by atoms with E-state index >= 15 is 0 Å². The SMILES string of the molecule is CC(C)OC(=O)c1cc(O)cc2ccccc12. The molecule has 3 nitrogen and oxygen atoms in total. The Kier molecular flexibility index (Phi) is 3.00. The van der Waals surface area contributed by atoms with Crippen LogP contribution in [0.1, 0.15) is 24.2 Å². The van der Waals surface area contributed by atoms with E-state index in [2.05, 4.69) is 0 Å². The lowest BCUT2D eigenvalue weighted by Crippen LogP contribution is -2.11. The third-order valence-corrected chi connectivity index (χ3v) is 2.41. The second-order valence-electron chi connectivity index (χ2n) is 4.17. The van der Waals surface area contributed by atoms with Gasteiger partial charge in [0.25, 0.3) is 0 Å². The van der Waals surface area contributed by atoms with Crippen molar-refractivity contribution in [3.05, 3.63) is 42.0 Å². The molecular formula is C14H14O3. The molecule has 0 spiro atoms. The molecule has 0 aliphatic heterocycles. The molecule has 0 atom stereocenters. The lowest BCUT2D eigenvalue weighted by molar-refractivity contribution is 0.0380. The van der Waals surface area contributed by atoms with Crippen LogP contribution in [-0.2, 0) is 4.74 Å². The third kappa shape index (κ3) is 2.38. The number of fused-ring (bicyclic) bond motifs is 1. The first-order valence-corrected chi connectivity index (χ1v) is 5.50. The van der Waals surface area contributed by atoms with Crippen molar-refractivity contribution in [1.82, 2.24) is 0 Å². The fourth-order valence-electron chi connectivity index (χ4n) is 1.74. The Morgan fingerprint density at radius 2 is 1.94 bits per heavy atom. The summed E-state index contributed by atoms with van der Waals surface area (Å²) >= 11 is 0. The molecule has 2 rings (SSSR count). The number of hydrogen-bond donors (Lipinski definition) is 1. The molecule has 17 heavy (non-hydrogen) atoms. The Labute approximate surface area is 99.6 Å². The topological polar surface area (TPSA) is 46.5 Å². The molecule has 0 heterocycles. The van der Waals surface area contributed by atoms with Crippen LogP contribution in [0.15, 0.2) is 36.4 Å². The van der Waals surface area contributed by atoms with E-state index in [4.69, 9.17) is 4.74 Å². The molecule has 0 saturated heterocycles. The average molecular weight is 230 g/mol. The molecule has 0 aromatic heterocycles. The number of rotatable bonds is 2. The quantitative estimate of drug-likeness (QED) is 0.806. The van der Waals surface area contributed by atoms with Crippen molar-refractivity contribution in [3.8, 4) is 5.75 Å². The molecule has 0 unspecified atom stereocenters. The molecule has 2 aromatic rings. The summed E-state index contributed by atoms with van der Waals surface area (Å²) in [6.07, 6.45) is -0.177. The highest BCUT2D eigenvalue weighted by Crippen LogP contribution is 2.25. The lowest BCUT2D eigenvalue weighted by atomic mass is 10.0. The Bertz CT molecular complexity index is 558. The summed E-state index contributed by atoms with van der Waals surface area (Å²) in [5.41, 5.74) is 0.398. The number of benzene rings is 2. The van der Waals surface area contributed by atoms with Crippen LogP contribution in [0.4, 0.5) is 0 Å². The zero-order valence-corrected chi connectivity index (χ0v) is 9.81. The molecule has 1 N–H and O–H groups in total. The van der Waals surface area contributed by atoms with Crippen molar-refractivity contribution in [3.63, 3.8) is 0 Å². The number of phenols is 1. The van der Waals surface area contributed by atoms with Crippen LogP contribution >= 0.6 is 0 Å². The first-order valence-electron chi connectivity index (χ1n) is 5.50. The zero-order valence-electron chi connectivity index (χ0n) is 9.81. The van der Waals surface area contributed by atoms with Crippen LogP contribution in [-0.4, -0.2) is 17.2 Å². The van der Waals surface area contributed by atoms with E-state index in [-0.39, 0.29) is 11.9 Å². The minimum absolute atomic E-state index is 0.0689. The number of aromatic hydroxyl groups is 1. The van der Waals surface area contributed by atoms with Crippen LogP contribution in [0.5, 0.6) is 5.75 Å². The second kappa shape index (κ2) is 4.45. The molecule has 3 heteroatoms. The maximum atomic E-state index is 11.9. The van der Waals surface area contributed by atoms with Crippen LogP contribution in [0, 0.1) is 0 Å². The van der Waals surface area contributed by atoms with Gasteiger partial charge in [0.15, 0.2) is 0 Å². The number of ether oxygens (including phenoxy) is 1. The van der Waals surface area contributed by atoms with Crippen molar-refractivity contribution in [2.45, 2.75) is 20.0 Å². The first-order chi connectivity index (χ1) is 8.08. The van der Waals surface area contributed by atoms with Crippen molar-refractivity contribution < 1.29 is 14.6 Å². The van der Waals surface area contributed by atoms with Gasteiger partial charge < -0.3 is 9.84 Å². The third-order valence-electron chi connectivity index (χ3n) is 2.41. The molecule has 0 aliphatic rings. The number of phenolic OH excluding ortho intramolecular Hbond substituents is 1. The van der Waals surface area contributed by atoms with Gasteiger partial charge in [0.1, 0.15) is 5.75 Å². The van der Waals surface area contributed by atoms with Gasteiger partial charge in [-0.1, -0.05) is 24.3 Å².